The van der Waals surface area contributed by atoms with E-state index in [0.29, 0.717) is 28.4 Å². The Balaban J connectivity index is 1.69. The van der Waals surface area contributed by atoms with Crippen molar-refractivity contribution in [1.29, 1.82) is 0 Å². The zero-order valence-electron chi connectivity index (χ0n) is 12.4. The first-order chi connectivity index (χ1) is 10.4. The van der Waals surface area contributed by atoms with Gasteiger partial charge in [-0.05, 0) is 38.1 Å². The topological polar surface area (TPSA) is 61.8 Å². The van der Waals surface area contributed by atoms with E-state index in [9.17, 15) is 9.90 Å². The van der Waals surface area contributed by atoms with Crippen LogP contribution in [-0.2, 0) is 4.79 Å². The van der Waals surface area contributed by atoms with Crippen LogP contribution in [0.1, 0.15) is 12.8 Å². The number of likely N-dealkylation sites (N-methyl/N-ethyl adjacent to an activating group) is 1. The molecule has 1 fully saturated rings. The third-order valence-corrected chi connectivity index (χ3v) is 3.73. The fraction of sp³-hybridized carbons (Fsp3) is 0.533. The van der Waals surface area contributed by atoms with E-state index in [2.05, 4.69) is 5.32 Å². The van der Waals surface area contributed by atoms with E-state index in [4.69, 9.17) is 27.9 Å². The minimum atomic E-state index is -0.717. The average Bonchev–Trinajstić information content (AvgIpc) is 3.21. The number of hydrogen-bond donors (Lipinski definition) is 2. The van der Waals surface area contributed by atoms with Crippen LogP contribution in [0.25, 0.3) is 0 Å². The molecule has 0 bridgehead atoms. The third-order valence-electron chi connectivity index (χ3n) is 3.20. The van der Waals surface area contributed by atoms with Crippen LogP contribution in [0, 0.1) is 0 Å². The molecule has 0 heterocycles. The summed E-state index contributed by atoms with van der Waals surface area (Å²) < 4.78 is 5.47. The number of aliphatic hydroxyl groups excluding tert-OH is 1. The highest BCUT2D eigenvalue weighted by molar-refractivity contribution is 6.35. The van der Waals surface area contributed by atoms with E-state index >= 15 is 0 Å². The van der Waals surface area contributed by atoms with Crippen molar-refractivity contribution in [1.82, 2.24) is 10.2 Å². The SMILES string of the molecule is CN(CC(=O)NC1CC1)CC(O)COc1ccc(Cl)cc1Cl. The molecule has 0 aliphatic heterocycles. The molecule has 0 aromatic heterocycles. The van der Waals surface area contributed by atoms with Gasteiger partial charge < -0.3 is 15.2 Å². The lowest BCUT2D eigenvalue weighted by atomic mass is 10.3. The van der Waals surface area contributed by atoms with Gasteiger partial charge in [0.05, 0.1) is 11.6 Å². The van der Waals surface area contributed by atoms with Gasteiger partial charge in [0.25, 0.3) is 0 Å². The van der Waals surface area contributed by atoms with Crippen LogP contribution < -0.4 is 10.1 Å². The number of rotatable bonds is 8. The second-order valence-corrected chi connectivity index (χ2v) is 6.42. The van der Waals surface area contributed by atoms with E-state index in [1.54, 1.807) is 30.1 Å². The first-order valence-electron chi connectivity index (χ1n) is 7.18. The first kappa shape index (κ1) is 17.3. The number of ether oxygens (including phenoxy) is 1. The largest absolute Gasteiger partial charge is 0.489 e. The van der Waals surface area contributed by atoms with Crippen LogP contribution in [-0.4, -0.2) is 54.8 Å². The van der Waals surface area contributed by atoms with Gasteiger partial charge in [-0.2, -0.15) is 0 Å². The number of hydrogen-bond acceptors (Lipinski definition) is 4. The lowest BCUT2D eigenvalue weighted by Crippen LogP contribution is -2.40. The van der Waals surface area contributed by atoms with Crippen LogP contribution >= 0.6 is 23.2 Å². The van der Waals surface area contributed by atoms with Crippen molar-refractivity contribution < 1.29 is 14.6 Å². The molecule has 0 spiro atoms. The first-order valence-corrected chi connectivity index (χ1v) is 7.93. The highest BCUT2D eigenvalue weighted by Crippen LogP contribution is 2.27. The van der Waals surface area contributed by atoms with Crippen molar-refractivity contribution in [2.45, 2.75) is 25.0 Å². The number of carbonyl (C=O) groups is 1. The van der Waals surface area contributed by atoms with Gasteiger partial charge in [0.15, 0.2) is 0 Å². The van der Waals surface area contributed by atoms with Gasteiger partial charge in [-0.15, -0.1) is 0 Å². The molecule has 2 rings (SSSR count). The number of carbonyl (C=O) groups excluding carboxylic acids is 1. The molecule has 1 saturated carbocycles. The summed E-state index contributed by atoms with van der Waals surface area (Å²) in [6, 6.07) is 5.26. The molecule has 7 heteroatoms. The summed E-state index contributed by atoms with van der Waals surface area (Å²) in [5, 5.41) is 13.8. The summed E-state index contributed by atoms with van der Waals surface area (Å²) in [6.45, 7) is 0.689. The Bertz CT molecular complexity index is 524. The molecule has 1 atom stereocenters. The Hall–Kier alpha value is -1.01. The van der Waals surface area contributed by atoms with Gasteiger partial charge in [-0.3, -0.25) is 9.69 Å². The second-order valence-electron chi connectivity index (χ2n) is 5.58. The number of nitrogens with zero attached hydrogens (tertiary/aromatic N) is 1. The van der Waals surface area contributed by atoms with E-state index in [1.807, 2.05) is 0 Å². The van der Waals surface area contributed by atoms with E-state index in [1.165, 1.54) is 0 Å². The van der Waals surface area contributed by atoms with Crippen molar-refractivity contribution in [3.05, 3.63) is 28.2 Å². The van der Waals surface area contributed by atoms with Gasteiger partial charge in [0.1, 0.15) is 18.5 Å². The van der Waals surface area contributed by atoms with Crippen molar-refractivity contribution in [3.8, 4) is 5.75 Å². The van der Waals surface area contributed by atoms with Crippen LogP contribution in [0.4, 0.5) is 0 Å². The summed E-state index contributed by atoms with van der Waals surface area (Å²) >= 11 is 11.8. The van der Waals surface area contributed by atoms with Gasteiger partial charge in [-0.25, -0.2) is 0 Å². The minimum Gasteiger partial charge on any atom is -0.489 e. The molecule has 2 N–H and O–H groups in total. The van der Waals surface area contributed by atoms with Crippen LogP contribution in [0.5, 0.6) is 5.75 Å². The molecule has 1 aromatic carbocycles. The molecule has 5 nitrogen and oxygen atoms in total. The van der Waals surface area contributed by atoms with Gasteiger partial charge >= 0.3 is 0 Å². The van der Waals surface area contributed by atoms with Crippen molar-refractivity contribution in [2.75, 3.05) is 26.7 Å². The number of amides is 1. The molecule has 1 amide bonds. The maximum Gasteiger partial charge on any atom is 0.234 e. The predicted octanol–water partition coefficient (Wildman–Crippen LogP) is 1.94. The standard InChI is InChI=1S/C15H20Cl2N2O3/c1-19(8-15(21)18-11-3-4-11)7-12(20)9-22-14-5-2-10(16)6-13(14)17/h2,5-6,11-12,20H,3-4,7-9H2,1H3,(H,18,21). The smallest absolute Gasteiger partial charge is 0.234 e. The summed E-state index contributed by atoms with van der Waals surface area (Å²) in [4.78, 5) is 13.4. The van der Waals surface area contributed by atoms with E-state index < -0.39 is 6.10 Å². The molecule has 1 aliphatic rings. The molecule has 0 saturated heterocycles. The molecular formula is C15H20Cl2N2O3. The molecule has 122 valence electrons. The maximum absolute atomic E-state index is 11.6. The molecule has 1 aromatic rings. The van der Waals surface area contributed by atoms with Crippen LogP contribution in [0.2, 0.25) is 10.0 Å². The maximum atomic E-state index is 11.6. The average molecular weight is 347 g/mol. The highest BCUT2D eigenvalue weighted by Gasteiger charge is 2.23. The van der Waals surface area contributed by atoms with Crippen molar-refractivity contribution >= 4 is 29.1 Å². The lowest BCUT2D eigenvalue weighted by molar-refractivity contribution is -0.122. The minimum absolute atomic E-state index is 0.0149. The zero-order chi connectivity index (χ0) is 16.1. The summed E-state index contributed by atoms with van der Waals surface area (Å²) in [7, 11) is 1.78. The van der Waals surface area contributed by atoms with Crippen LogP contribution in [0.15, 0.2) is 18.2 Å². The Morgan fingerprint density at radius 2 is 2.23 bits per heavy atom. The van der Waals surface area contributed by atoms with E-state index in [-0.39, 0.29) is 19.1 Å². The molecule has 22 heavy (non-hydrogen) atoms. The van der Waals surface area contributed by atoms with Crippen molar-refractivity contribution in [3.63, 3.8) is 0 Å². The molecule has 1 unspecified atom stereocenters. The molecule has 0 radical (unpaired) electrons. The quantitative estimate of drug-likeness (QED) is 0.755. The zero-order valence-corrected chi connectivity index (χ0v) is 13.9. The fourth-order valence-corrected chi connectivity index (χ4v) is 2.46. The second kappa shape index (κ2) is 8.02. The Morgan fingerprint density at radius 3 is 2.86 bits per heavy atom. The van der Waals surface area contributed by atoms with Gasteiger partial charge in [0.2, 0.25) is 5.91 Å². The predicted molar refractivity (Wildman–Crippen MR) is 86.6 cm³/mol. The summed E-state index contributed by atoms with van der Waals surface area (Å²) in [5.74, 6) is 0.457. The number of nitrogens with one attached hydrogen (secondary N) is 1. The highest BCUT2D eigenvalue weighted by atomic mass is 35.5. The Morgan fingerprint density at radius 1 is 1.50 bits per heavy atom. The number of benzene rings is 1. The molecular weight excluding hydrogens is 327 g/mol. The number of halogens is 2. The lowest BCUT2D eigenvalue weighted by Gasteiger charge is -2.20. The monoisotopic (exact) mass is 346 g/mol. The normalized spacial score (nSPS) is 15.7. The Labute approximate surface area is 140 Å². The van der Waals surface area contributed by atoms with Crippen LogP contribution in [0.3, 0.4) is 0 Å². The molecule has 1 aliphatic carbocycles. The summed E-state index contributed by atoms with van der Waals surface area (Å²) in [5.41, 5.74) is 0. The Kier molecular flexibility index (Phi) is 6.32. The van der Waals surface area contributed by atoms with E-state index in [0.717, 1.165) is 12.8 Å². The third kappa shape index (κ3) is 6.01. The van der Waals surface area contributed by atoms with Crippen molar-refractivity contribution in [2.24, 2.45) is 0 Å². The fourth-order valence-electron chi connectivity index (χ4n) is 2.00. The summed E-state index contributed by atoms with van der Waals surface area (Å²) in [6.07, 6.45) is 1.41. The number of aliphatic hydroxyl groups is 1. The van der Waals surface area contributed by atoms with Gasteiger partial charge in [-0.1, -0.05) is 23.2 Å². The van der Waals surface area contributed by atoms with Gasteiger partial charge in [0, 0.05) is 17.6 Å².